The van der Waals surface area contributed by atoms with Crippen LogP contribution in [0.25, 0.3) is 0 Å². The molecule has 4 nitrogen and oxygen atoms in total. The van der Waals surface area contributed by atoms with Gasteiger partial charge in [-0.3, -0.25) is 0 Å². The third-order valence-electron chi connectivity index (χ3n) is 2.05. The minimum atomic E-state index is -1.33. The average molecular weight is 224 g/mol. The molecule has 0 spiro atoms. The van der Waals surface area contributed by atoms with Gasteiger partial charge in [0.25, 0.3) is 0 Å². The van der Waals surface area contributed by atoms with Gasteiger partial charge in [-0.1, -0.05) is 31.9 Å². The van der Waals surface area contributed by atoms with E-state index in [-0.39, 0.29) is 5.75 Å². The van der Waals surface area contributed by atoms with Gasteiger partial charge >= 0.3 is 6.16 Å². The molecule has 1 aromatic rings. The molecule has 0 fully saturated rings. The number of unbranched alkanes of at least 4 members (excludes halogenated alkanes) is 2. The van der Waals surface area contributed by atoms with Gasteiger partial charge in [-0.25, -0.2) is 4.79 Å². The third-order valence-corrected chi connectivity index (χ3v) is 2.05. The maximum Gasteiger partial charge on any atom is 0.511 e. The normalized spacial score (nSPS) is 9.81. The highest BCUT2D eigenvalue weighted by molar-refractivity contribution is 5.62. The van der Waals surface area contributed by atoms with Crippen LogP contribution in [-0.4, -0.2) is 17.9 Å². The minimum absolute atomic E-state index is 0.242. The Morgan fingerprint density at radius 2 is 1.94 bits per heavy atom. The molecular weight excluding hydrogens is 208 g/mol. The first-order chi connectivity index (χ1) is 7.74. The monoisotopic (exact) mass is 224 g/mol. The quantitative estimate of drug-likeness (QED) is 0.457. The van der Waals surface area contributed by atoms with Crippen molar-refractivity contribution in [3.63, 3.8) is 0 Å². The number of rotatable bonds is 6. The van der Waals surface area contributed by atoms with Gasteiger partial charge in [0.1, 0.15) is 0 Å². The van der Waals surface area contributed by atoms with Crippen molar-refractivity contribution < 1.29 is 19.4 Å². The Labute approximate surface area is 94.8 Å². The van der Waals surface area contributed by atoms with E-state index >= 15 is 0 Å². The Kier molecular flexibility index (Phi) is 5.19. The summed E-state index contributed by atoms with van der Waals surface area (Å²) in [7, 11) is 0. The van der Waals surface area contributed by atoms with E-state index in [0.717, 1.165) is 19.3 Å². The van der Waals surface area contributed by atoms with E-state index in [4.69, 9.17) is 9.84 Å². The largest absolute Gasteiger partial charge is 0.511 e. The van der Waals surface area contributed by atoms with Crippen molar-refractivity contribution in [2.75, 3.05) is 6.61 Å². The highest BCUT2D eigenvalue weighted by Crippen LogP contribution is 2.26. The smallest absolute Gasteiger partial charge is 0.490 e. The first-order valence-electron chi connectivity index (χ1n) is 5.36. The van der Waals surface area contributed by atoms with Crippen LogP contribution in [0.4, 0.5) is 4.79 Å². The molecule has 0 aliphatic rings. The van der Waals surface area contributed by atoms with Crippen LogP contribution < -0.4 is 9.47 Å². The Hall–Kier alpha value is -1.71. The lowest BCUT2D eigenvalue weighted by atomic mass is 10.2. The van der Waals surface area contributed by atoms with Gasteiger partial charge in [-0.2, -0.15) is 0 Å². The first kappa shape index (κ1) is 12.4. The summed E-state index contributed by atoms with van der Waals surface area (Å²) in [5.74, 6) is 0.715. The number of carbonyl (C=O) groups is 1. The number of ether oxygens (including phenoxy) is 2. The number of carboxylic acid groups (broad SMARTS) is 1. The average Bonchev–Trinajstić information content (AvgIpc) is 2.26. The molecule has 4 heteroatoms. The Balaban J connectivity index is 2.53. The fraction of sp³-hybridized carbons (Fsp3) is 0.417. The van der Waals surface area contributed by atoms with Crippen molar-refractivity contribution in [1.82, 2.24) is 0 Å². The zero-order chi connectivity index (χ0) is 11.8. The molecule has 1 aromatic carbocycles. The fourth-order valence-corrected chi connectivity index (χ4v) is 1.28. The topological polar surface area (TPSA) is 55.8 Å². The lowest BCUT2D eigenvalue weighted by molar-refractivity contribution is 0.142. The summed E-state index contributed by atoms with van der Waals surface area (Å²) >= 11 is 0. The molecule has 88 valence electrons. The van der Waals surface area contributed by atoms with Gasteiger partial charge in [-0.15, -0.1) is 0 Å². The van der Waals surface area contributed by atoms with E-state index in [1.54, 1.807) is 24.3 Å². The van der Waals surface area contributed by atoms with E-state index in [1.165, 1.54) is 0 Å². The maximum absolute atomic E-state index is 10.4. The molecule has 0 aliphatic carbocycles. The molecule has 0 aromatic heterocycles. The van der Waals surface area contributed by atoms with Crippen molar-refractivity contribution in [2.24, 2.45) is 0 Å². The highest BCUT2D eigenvalue weighted by Gasteiger charge is 2.07. The molecule has 0 bridgehead atoms. The summed E-state index contributed by atoms with van der Waals surface area (Å²) in [6, 6.07) is 6.76. The second-order valence-corrected chi connectivity index (χ2v) is 3.37. The highest BCUT2D eigenvalue weighted by atomic mass is 16.7. The van der Waals surface area contributed by atoms with Crippen LogP contribution in [0, 0.1) is 0 Å². The lowest BCUT2D eigenvalue weighted by Gasteiger charge is -2.09. The van der Waals surface area contributed by atoms with Crippen molar-refractivity contribution in [3.8, 4) is 11.5 Å². The van der Waals surface area contributed by atoms with Gasteiger partial charge in [0, 0.05) is 0 Å². The van der Waals surface area contributed by atoms with Crippen LogP contribution in [0.5, 0.6) is 11.5 Å². The number of benzene rings is 1. The Morgan fingerprint density at radius 3 is 2.56 bits per heavy atom. The summed E-state index contributed by atoms with van der Waals surface area (Å²) in [6.45, 7) is 2.69. The van der Waals surface area contributed by atoms with E-state index < -0.39 is 6.16 Å². The summed E-state index contributed by atoms with van der Waals surface area (Å²) in [5.41, 5.74) is 0. The molecule has 0 unspecified atom stereocenters. The van der Waals surface area contributed by atoms with E-state index in [9.17, 15) is 4.79 Å². The molecule has 0 saturated carbocycles. The van der Waals surface area contributed by atoms with Crippen molar-refractivity contribution in [2.45, 2.75) is 26.2 Å². The zero-order valence-electron chi connectivity index (χ0n) is 9.31. The standard InChI is InChI=1S/C12H16O4/c1-2-3-6-9-15-10-7-4-5-8-11(10)16-12(13)14/h4-5,7-8H,2-3,6,9H2,1H3,(H,13,14). The summed E-state index contributed by atoms with van der Waals surface area (Å²) in [5, 5.41) is 8.52. The molecular formula is C12H16O4. The van der Waals surface area contributed by atoms with Crippen LogP contribution in [0.15, 0.2) is 24.3 Å². The van der Waals surface area contributed by atoms with E-state index in [0.29, 0.717) is 12.4 Å². The molecule has 0 atom stereocenters. The Morgan fingerprint density at radius 1 is 1.25 bits per heavy atom. The third kappa shape index (κ3) is 4.21. The summed E-state index contributed by atoms with van der Waals surface area (Å²) in [6.07, 6.45) is 1.85. The molecule has 16 heavy (non-hydrogen) atoms. The molecule has 0 radical (unpaired) electrons. The number of hydrogen-bond acceptors (Lipinski definition) is 3. The predicted molar refractivity (Wildman–Crippen MR) is 60.1 cm³/mol. The van der Waals surface area contributed by atoms with Gasteiger partial charge in [0.15, 0.2) is 11.5 Å². The Bertz CT molecular complexity index is 336. The first-order valence-corrected chi connectivity index (χ1v) is 5.36. The SMILES string of the molecule is CCCCCOc1ccccc1OC(=O)O. The van der Waals surface area contributed by atoms with Crippen molar-refractivity contribution >= 4 is 6.16 Å². The molecule has 0 aliphatic heterocycles. The minimum Gasteiger partial charge on any atom is -0.490 e. The molecule has 1 rings (SSSR count). The van der Waals surface area contributed by atoms with Crippen LogP contribution >= 0.6 is 0 Å². The molecule has 1 N–H and O–H groups in total. The van der Waals surface area contributed by atoms with Crippen LogP contribution in [0.2, 0.25) is 0 Å². The van der Waals surface area contributed by atoms with Crippen LogP contribution in [0.3, 0.4) is 0 Å². The van der Waals surface area contributed by atoms with Gasteiger partial charge in [0.05, 0.1) is 6.61 Å². The van der Waals surface area contributed by atoms with Gasteiger partial charge in [-0.05, 0) is 18.6 Å². The second-order valence-electron chi connectivity index (χ2n) is 3.37. The number of hydrogen-bond donors (Lipinski definition) is 1. The summed E-state index contributed by atoms with van der Waals surface area (Å²) in [4.78, 5) is 10.4. The molecule has 0 amide bonds. The maximum atomic E-state index is 10.4. The van der Waals surface area contributed by atoms with Gasteiger partial charge < -0.3 is 14.6 Å². The van der Waals surface area contributed by atoms with Crippen LogP contribution in [-0.2, 0) is 0 Å². The van der Waals surface area contributed by atoms with Crippen LogP contribution in [0.1, 0.15) is 26.2 Å². The summed E-state index contributed by atoms with van der Waals surface area (Å²) < 4.78 is 10.0. The second kappa shape index (κ2) is 6.71. The van der Waals surface area contributed by atoms with E-state index in [1.807, 2.05) is 0 Å². The molecule has 0 saturated heterocycles. The predicted octanol–water partition coefficient (Wildman–Crippen LogP) is 3.31. The van der Waals surface area contributed by atoms with E-state index in [2.05, 4.69) is 11.7 Å². The van der Waals surface area contributed by atoms with Gasteiger partial charge in [0.2, 0.25) is 0 Å². The lowest BCUT2D eigenvalue weighted by Crippen LogP contribution is -2.05. The molecule has 0 heterocycles. The fourth-order valence-electron chi connectivity index (χ4n) is 1.28. The van der Waals surface area contributed by atoms with Crippen molar-refractivity contribution in [3.05, 3.63) is 24.3 Å². The number of para-hydroxylation sites is 2. The zero-order valence-corrected chi connectivity index (χ0v) is 9.31. The van der Waals surface area contributed by atoms with Crippen molar-refractivity contribution in [1.29, 1.82) is 0 Å².